The number of carbonyl (C=O) groups is 1. The quantitative estimate of drug-likeness (QED) is 0.345. The molecule has 1 aliphatic rings. The summed E-state index contributed by atoms with van der Waals surface area (Å²) >= 11 is 0. The molecule has 0 saturated carbocycles. The number of nitrogens with zero attached hydrogens (tertiary/aromatic N) is 1. The van der Waals surface area contributed by atoms with Crippen LogP contribution in [0.15, 0.2) is 29.3 Å². The number of guanidine groups is 1. The van der Waals surface area contributed by atoms with E-state index in [1.54, 1.807) is 19.2 Å². The normalized spacial score (nSPS) is 15.4. The summed E-state index contributed by atoms with van der Waals surface area (Å²) in [5, 5.41) is 8.68. The van der Waals surface area contributed by atoms with Crippen molar-refractivity contribution >= 4 is 17.6 Å². The van der Waals surface area contributed by atoms with E-state index in [1.165, 1.54) is 12.1 Å². The summed E-state index contributed by atoms with van der Waals surface area (Å²) in [5.41, 5.74) is 0.423. The van der Waals surface area contributed by atoms with E-state index in [-0.39, 0.29) is 12.5 Å². The van der Waals surface area contributed by atoms with E-state index in [2.05, 4.69) is 20.9 Å². The topological polar surface area (TPSA) is 84.0 Å². The Morgan fingerprint density at radius 3 is 2.89 bits per heavy atom. The highest BCUT2D eigenvalue weighted by atomic mass is 19.1. The maximum atomic E-state index is 13.1. The molecular weight excluding hydrogens is 351 g/mol. The maximum Gasteiger partial charge on any atom is 0.243 e. The van der Waals surface area contributed by atoms with Gasteiger partial charge in [-0.3, -0.25) is 9.79 Å². The fourth-order valence-electron chi connectivity index (χ4n) is 2.70. The average molecular weight is 380 g/mol. The Hall–Kier alpha value is -2.19. The molecule has 2 rings (SSSR count). The minimum atomic E-state index is -0.391. The largest absolute Gasteiger partial charge is 0.381 e. The van der Waals surface area contributed by atoms with Gasteiger partial charge >= 0.3 is 0 Å². The van der Waals surface area contributed by atoms with Gasteiger partial charge in [-0.25, -0.2) is 4.39 Å². The van der Waals surface area contributed by atoms with Crippen molar-refractivity contribution in [1.82, 2.24) is 10.6 Å². The first kappa shape index (κ1) is 21.1. The van der Waals surface area contributed by atoms with Gasteiger partial charge < -0.3 is 25.4 Å². The van der Waals surface area contributed by atoms with Gasteiger partial charge in [0, 0.05) is 45.7 Å². The van der Waals surface area contributed by atoms with Gasteiger partial charge in [0.25, 0.3) is 0 Å². The van der Waals surface area contributed by atoms with Crippen molar-refractivity contribution in [2.24, 2.45) is 10.9 Å². The van der Waals surface area contributed by atoms with E-state index in [9.17, 15) is 9.18 Å². The molecule has 0 bridgehead atoms. The summed E-state index contributed by atoms with van der Waals surface area (Å²) < 4.78 is 24.2. The minimum Gasteiger partial charge on any atom is -0.381 e. The molecule has 0 spiro atoms. The third-order valence-electron chi connectivity index (χ3n) is 4.20. The fourth-order valence-corrected chi connectivity index (χ4v) is 2.70. The predicted molar refractivity (Wildman–Crippen MR) is 103 cm³/mol. The molecule has 150 valence electrons. The molecule has 8 heteroatoms. The molecule has 1 aromatic carbocycles. The highest BCUT2D eigenvalue weighted by Gasteiger charge is 2.13. The van der Waals surface area contributed by atoms with E-state index >= 15 is 0 Å². The zero-order chi connectivity index (χ0) is 19.3. The van der Waals surface area contributed by atoms with Crippen LogP contribution in [0.5, 0.6) is 0 Å². The number of ether oxygens (including phenoxy) is 2. The molecule has 1 heterocycles. The second-order valence-electron chi connectivity index (χ2n) is 6.40. The molecule has 3 N–H and O–H groups in total. The number of hydrogen-bond donors (Lipinski definition) is 3. The van der Waals surface area contributed by atoms with Crippen LogP contribution in [0.4, 0.5) is 10.1 Å². The molecular formula is C19H29FN4O3. The molecule has 1 amide bonds. The zero-order valence-corrected chi connectivity index (χ0v) is 15.8. The van der Waals surface area contributed by atoms with Crippen molar-refractivity contribution in [2.75, 3.05) is 51.9 Å². The van der Waals surface area contributed by atoms with Crippen LogP contribution in [-0.2, 0) is 14.3 Å². The van der Waals surface area contributed by atoms with Crippen LogP contribution >= 0.6 is 0 Å². The molecule has 0 atom stereocenters. The Morgan fingerprint density at radius 1 is 1.33 bits per heavy atom. The molecule has 27 heavy (non-hydrogen) atoms. The van der Waals surface area contributed by atoms with Crippen LogP contribution in [0.25, 0.3) is 0 Å². The van der Waals surface area contributed by atoms with Crippen LogP contribution < -0.4 is 16.0 Å². The lowest BCUT2D eigenvalue weighted by Crippen LogP contribution is -2.41. The number of carbonyl (C=O) groups excluding carboxylic acids is 1. The standard InChI is InChI=1S/C19H29FN4O3/c1-21-19(22-8-3-9-27-14-15-6-10-26-11-7-15)23-13-18(25)24-17-5-2-4-16(20)12-17/h2,4-5,12,15H,3,6-11,13-14H2,1H3,(H,24,25)(H2,21,22,23). The lowest BCUT2D eigenvalue weighted by molar-refractivity contribution is -0.115. The van der Waals surface area contributed by atoms with Gasteiger partial charge in [0.15, 0.2) is 5.96 Å². The molecule has 0 unspecified atom stereocenters. The third-order valence-corrected chi connectivity index (χ3v) is 4.20. The number of rotatable bonds is 9. The molecule has 7 nitrogen and oxygen atoms in total. The Labute approximate surface area is 159 Å². The molecule has 1 aromatic rings. The maximum absolute atomic E-state index is 13.1. The number of amides is 1. The summed E-state index contributed by atoms with van der Waals surface area (Å²) in [7, 11) is 1.64. The SMILES string of the molecule is CN=C(NCCCOCC1CCOCC1)NCC(=O)Nc1cccc(F)c1. The Kier molecular flexibility index (Phi) is 9.57. The van der Waals surface area contributed by atoms with Crippen LogP contribution in [0.3, 0.4) is 0 Å². The van der Waals surface area contributed by atoms with Crippen molar-refractivity contribution in [3.05, 3.63) is 30.1 Å². The van der Waals surface area contributed by atoms with E-state index in [0.29, 0.717) is 30.7 Å². The number of benzene rings is 1. The summed E-state index contributed by atoms with van der Waals surface area (Å²) in [6, 6.07) is 5.77. The molecule has 1 fully saturated rings. The van der Waals surface area contributed by atoms with Crippen molar-refractivity contribution in [3.63, 3.8) is 0 Å². The van der Waals surface area contributed by atoms with Crippen molar-refractivity contribution in [3.8, 4) is 0 Å². The summed E-state index contributed by atoms with van der Waals surface area (Å²) in [6.45, 7) is 3.88. The van der Waals surface area contributed by atoms with E-state index in [0.717, 1.165) is 39.1 Å². The first-order chi connectivity index (χ1) is 13.2. The first-order valence-corrected chi connectivity index (χ1v) is 9.33. The van der Waals surface area contributed by atoms with E-state index in [1.807, 2.05) is 0 Å². The Bertz CT molecular complexity index is 606. The molecule has 1 aliphatic heterocycles. The Balaban J connectivity index is 1.53. The molecule has 0 radical (unpaired) electrons. The molecule has 1 saturated heterocycles. The van der Waals surface area contributed by atoms with E-state index < -0.39 is 5.82 Å². The monoisotopic (exact) mass is 380 g/mol. The highest BCUT2D eigenvalue weighted by molar-refractivity contribution is 5.94. The summed E-state index contributed by atoms with van der Waals surface area (Å²) in [4.78, 5) is 16.0. The summed E-state index contributed by atoms with van der Waals surface area (Å²) in [6.07, 6.45) is 3.00. The van der Waals surface area contributed by atoms with Gasteiger partial charge in [-0.15, -0.1) is 0 Å². The summed E-state index contributed by atoms with van der Waals surface area (Å²) in [5.74, 6) is 0.479. The lowest BCUT2D eigenvalue weighted by Gasteiger charge is -2.21. The average Bonchev–Trinajstić information content (AvgIpc) is 2.67. The van der Waals surface area contributed by atoms with E-state index in [4.69, 9.17) is 9.47 Å². The van der Waals surface area contributed by atoms with Crippen LogP contribution in [0, 0.1) is 11.7 Å². The van der Waals surface area contributed by atoms with Gasteiger partial charge in [0.05, 0.1) is 6.54 Å². The van der Waals surface area contributed by atoms with Gasteiger partial charge in [-0.05, 0) is 43.4 Å². The first-order valence-electron chi connectivity index (χ1n) is 9.33. The van der Waals surface area contributed by atoms with Crippen LogP contribution in [0.2, 0.25) is 0 Å². The predicted octanol–water partition coefficient (Wildman–Crippen LogP) is 1.76. The highest BCUT2D eigenvalue weighted by Crippen LogP contribution is 2.14. The fraction of sp³-hybridized carbons (Fsp3) is 0.579. The number of nitrogens with one attached hydrogen (secondary N) is 3. The smallest absolute Gasteiger partial charge is 0.243 e. The zero-order valence-electron chi connectivity index (χ0n) is 15.8. The number of hydrogen-bond acceptors (Lipinski definition) is 4. The second-order valence-corrected chi connectivity index (χ2v) is 6.40. The van der Waals surface area contributed by atoms with Gasteiger partial charge in [0.2, 0.25) is 5.91 Å². The van der Waals surface area contributed by atoms with Crippen molar-refractivity contribution in [2.45, 2.75) is 19.3 Å². The minimum absolute atomic E-state index is 0.0381. The molecule has 0 aromatic heterocycles. The second kappa shape index (κ2) is 12.2. The number of halogens is 1. The number of aliphatic imine (C=N–C) groups is 1. The van der Waals surface area contributed by atoms with Crippen LogP contribution in [-0.4, -0.2) is 58.4 Å². The third kappa shape index (κ3) is 8.83. The van der Waals surface area contributed by atoms with Gasteiger partial charge in [-0.1, -0.05) is 6.07 Å². The Morgan fingerprint density at radius 2 is 2.15 bits per heavy atom. The van der Waals surface area contributed by atoms with Crippen molar-refractivity contribution in [1.29, 1.82) is 0 Å². The van der Waals surface area contributed by atoms with Crippen molar-refractivity contribution < 1.29 is 18.7 Å². The lowest BCUT2D eigenvalue weighted by atomic mass is 10.0. The van der Waals surface area contributed by atoms with Gasteiger partial charge in [-0.2, -0.15) is 0 Å². The molecule has 0 aliphatic carbocycles. The van der Waals surface area contributed by atoms with Crippen LogP contribution in [0.1, 0.15) is 19.3 Å². The number of anilines is 1. The van der Waals surface area contributed by atoms with Gasteiger partial charge in [0.1, 0.15) is 5.82 Å².